The van der Waals surface area contributed by atoms with Crippen molar-refractivity contribution in [3.8, 4) is 5.75 Å². The first-order valence-corrected chi connectivity index (χ1v) is 5.95. The highest BCUT2D eigenvalue weighted by atomic mass is 35.5. The van der Waals surface area contributed by atoms with Gasteiger partial charge in [0.25, 0.3) is 0 Å². The second-order valence-electron chi connectivity index (χ2n) is 3.54. The van der Waals surface area contributed by atoms with Crippen molar-refractivity contribution in [2.75, 3.05) is 19.5 Å². The summed E-state index contributed by atoms with van der Waals surface area (Å²) in [5.41, 5.74) is 1.04. The maximum atomic E-state index is 11.2. The van der Waals surface area contributed by atoms with Crippen molar-refractivity contribution in [3.63, 3.8) is 0 Å². The lowest BCUT2D eigenvalue weighted by atomic mass is 10.1. The van der Waals surface area contributed by atoms with E-state index in [9.17, 15) is 9.59 Å². The number of benzene rings is 1. The summed E-state index contributed by atoms with van der Waals surface area (Å²) in [6, 6.07) is 7.02. The second kappa shape index (κ2) is 7.55. The molecule has 6 heteroatoms. The van der Waals surface area contributed by atoms with Crippen molar-refractivity contribution < 1.29 is 14.3 Å². The van der Waals surface area contributed by atoms with E-state index in [1.54, 1.807) is 7.11 Å². The normalized spacial score (nSPS) is 9.67. The average molecular weight is 271 g/mol. The van der Waals surface area contributed by atoms with Crippen LogP contribution in [0.5, 0.6) is 5.75 Å². The first-order valence-electron chi connectivity index (χ1n) is 5.42. The Balaban J connectivity index is 2.32. The SMILES string of the molecule is COc1cccc(CCNC(=O)NC(=O)CCl)c1. The Morgan fingerprint density at radius 3 is 2.83 bits per heavy atom. The average Bonchev–Trinajstić information content (AvgIpc) is 2.38. The van der Waals surface area contributed by atoms with Gasteiger partial charge >= 0.3 is 6.03 Å². The minimum atomic E-state index is -0.538. The topological polar surface area (TPSA) is 67.4 Å². The highest BCUT2D eigenvalue weighted by Crippen LogP contribution is 2.12. The fraction of sp³-hybridized carbons (Fsp3) is 0.333. The molecule has 0 aliphatic rings. The number of urea groups is 1. The Kier molecular flexibility index (Phi) is 6.00. The molecule has 0 heterocycles. The van der Waals surface area contributed by atoms with Gasteiger partial charge in [-0.2, -0.15) is 0 Å². The van der Waals surface area contributed by atoms with Crippen molar-refractivity contribution >= 4 is 23.5 Å². The Morgan fingerprint density at radius 1 is 1.39 bits per heavy atom. The molecule has 98 valence electrons. The summed E-state index contributed by atoms with van der Waals surface area (Å²) in [7, 11) is 1.60. The van der Waals surface area contributed by atoms with E-state index in [1.165, 1.54) is 0 Å². The van der Waals surface area contributed by atoms with Crippen LogP contribution in [-0.4, -0.2) is 31.5 Å². The van der Waals surface area contributed by atoms with Gasteiger partial charge in [0, 0.05) is 6.54 Å². The summed E-state index contributed by atoms with van der Waals surface area (Å²) < 4.78 is 5.09. The first kappa shape index (κ1) is 14.3. The molecule has 0 unspecified atom stereocenters. The maximum absolute atomic E-state index is 11.2. The van der Waals surface area contributed by atoms with E-state index in [0.29, 0.717) is 13.0 Å². The van der Waals surface area contributed by atoms with Gasteiger partial charge in [-0.05, 0) is 24.1 Å². The van der Waals surface area contributed by atoms with E-state index < -0.39 is 11.9 Å². The van der Waals surface area contributed by atoms with Gasteiger partial charge in [0.2, 0.25) is 5.91 Å². The lowest BCUT2D eigenvalue weighted by Crippen LogP contribution is -2.40. The summed E-state index contributed by atoms with van der Waals surface area (Å²) in [5.74, 6) is 0.0216. The van der Waals surface area contributed by atoms with E-state index in [1.807, 2.05) is 24.3 Å². The van der Waals surface area contributed by atoms with E-state index in [0.717, 1.165) is 11.3 Å². The van der Waals surface area contributed by atoms with E-state index >= 15 is 0 Å². The van der Waals surface area contributed by atoms with Gasteiger partial charge in [-0.3, -0.25) is 10.1 Å². The molecule has 0 bridgehead atoms. The molecule has 3 amide bonds. The van der Waals surface area contributed by atoms with Gasteiger partial charge in [0.15, 0.2) is 0 Å². The number of rotatable bonds is 5. The monoisotopic (exact) mass is 270 g/mol. The zero-order valence-electron chi connectivity index (χ0n) is 10.0. The van der Waals surface area contributed by atoms with E-state index in [-0.39, 0.29) is 5.88 Å². The number of hydrogen-bond acceptors (Lipinski definition) is 3. The molecular weight excluding hydrogens is 256 g/mol. The molecule has 1 aromatic rings. The molecule has 0 radical (unpaired) electrons. The highest BCUT2D eigenvalue weighted by molar-refractivity contribution is 6.28. The number of hydrogen-bond donors (Lipinski definition) is 2. The standard InChI is InChI=1S/C12H15ClN2O3/c1-18-10-4-2-3-9(7-10)5-6-14-12(17)15-11(16)8-13/h2-4,7H,5-6,8H2,1H3,(H2,14,15,16,17). The Bertz CT molecular complexity index is 424. The molecule has 18 heavy (non-hydrogen) atoms. The van der Waals surface area contributed by atoms with Gasteiger partial charge < -0.3 is 10.1 Å². The summed E-state index contributed by atoms with van der Waals surface area (Å²) in [5, 5.41) is 4.66. The maximum Gasteiger partial charge on any atom is 0.321 e. The molecule has 0 aromatic heterocycles. The zero-order chi connectivity index (χ0) is 13.4. The molecule has 0 spiro atoms. The van der Waals surface area contributed by atoms with Crippen molar-refractivity contribution in [1.29, 1.82) is 0 Å². The Labute approximate surface area is 110 Å². The fourth-order valence-electron chi connectivity index (χ4n) is 1.35. The molecule has 5 nitrogen and oxygen atoms in total. The fourth-order valence-corrected chi connectivity index (χ4v) is 1.42. The van der Waals surface area contributed by atoms with Gasteiger partial charge in [-0.1, -0.05) is 12.1 Å². The lowest BCUT2D eigenvalue weighted by molar-refractivity contribution is -0.117. The number of carbonyl (C=O) groups excluding carboxylic acids is 2. The van der Waals surface area contributed by atoms with Crippen LogP contribution < -0.4 is 15.4 Å². The van der Waals surface area contributed by atoms with Crippen molar-refractivity contribution in [1.82, 2.24) is 10.6 Å². The zero-order valence-corrected chi connectivity index (χ0v) is 10.8. The molecule has 0 saturated heterocycles. The molecule has 1 rings (SSSR count). The molecule has 0 fully saturated rings. The minimum absolute atomic E-state index is 0.233. The Morgan fingerprint density at radius 2 is 2.17 bits per heavy atom. The molecule has 0 aliphatic heterocycles. The number of amides is 3. The summed E-state index contributed by atoms with van der Waals surface area (Å²) in [6.45, 7) is 0.425. The van der Waals surface area contributed by atoms with Crippen LogP contribution in [-0.2, 0) is 11.2 Å². The molecule has 1 aromatic carbocycles. The largest absolute Gasteiger partial charge is 0.497 e. The number of halogens is 1. The number of nitrogens with one attached hydrogen (secondary N) is 2. The molecule has 0 aliphatic carbocycles. The molecule has 0 saturated carbocycles. The van der Waals surface area contributed by atoms with Crippen LogP contribution in [0.1, 0.15) is 5.56 Å². The highest BCUT2D eigenvalue weighted by Gasteiger charge is 2.05. The lowest BCUT2D eigenvalue weighted by Gasteiger charge is -2.06. The molecular formula is C12H15ClN2O3. The minimum Gasteiger partial charge on any atom is -0.497 e. The van der Waals surface area contributed by atoms with Gasteiger partial charge in [0.1, 0.15) is 11.6 Å². The van der Waals surface area contributed by atoms with Crippen LogP contribution in [0, 0.1) is 0 Å². The third-order valence-electron chi connectivity index (χ3n) is 2.21. The summed E-state index contributed by atoms with van der Waals surface area (Å²) >= 11 is 5.25. The van der Waals surface area contributed by atoms with Crippen LogP contribution in [0.25, 0.3) is 0 Å². The molecule has 0 atom stereocenters. The predicted molar refractivity (Wildman–Crippen MR) is 69.0 cm³/mol. The second-order valence-corrected chi connectivity index (χ2v) is 3.81. The smallest absolute Gasteiger partial charge is 0.321 e. The first-order chi connectivity index (χ1) is 8.65. The van der Waals surface area contributed by atoms with Crippen molar-refractivity contribution in [2.45, 2.75) is 6.42 Å². The van der Waals surface area contributed by atoms with Crippen LogP contribution in [0.4, 0.5) is 4.79 Å². The quantitative estimate of drug-likeness (QED) is 0.793. The van der Waals surface area contributed by atoms with Crippen molar-refractivity contribution in [2.24, 2.45) is 0 Å². The third kappa shape index (κ3) is 5.05. The summed E-state index contributed by atoms with van der Waals surface area (Å²) in [6.07, 6.45) is 0.652. The predicted octanol–water partition coefficient (Wildman–Crippen LogP) is 1.30. The van der Waals surface area contributed by atoms with Crippen molar-refractivity contribution in [3.05, 3.63) is 29.8 Å². The number of imide groups is 1. The van der Waals surface area contributed by atoms with Crippen LogP contribution in [0.2, 0.25) is 0 Å². The Hall–Kier alpha value is -1.75. The summed E-state index contributed by atoms with van der Waals surface area (Å²) in [4.78, 5) is 22.0. The molecule has 2 N–H and O–H groups in total. The van der Waals surface area contributed by atoms with Crippen LogP contribution >= 0.6 is 11.6 Å². The van der Waals surface area contributed by atoms with E-state index in [2.05, 4.69) is 10.6 Å². The van der Waals surface area contributed by atoms with Gasteiger partial charge in [0.05, 0.1) is 7.11 Å². The van der Waals surface area contributed by atoms with Gasteiger partial charge in [-0.15, -0.1) is 11.6 Å². The van der Waals surface area contributed by atoms with Crippen LogP contribution in [0.15, 0.2) is 24.3 Å². The third-order valence-corrected chi connectivity index (χ3v) is 2.45. The van der Waals surface area contributed by atoms with Crippen LogP contribution in [0.3, 0.4) is 0 Å². The number of ether oxygens (including phenoxy) is 1. The van der Waals surface area contributed by atoms with Gasteiger partial charge in [-0.25, -0.2) is 4.79 Å². The van der Waals surface area contributed by atoms with E-state index in [4.69, 9.17) is 16.3 Å². The number of alkyl halides is 1. The number of methoxy groups -OCH3 is 1. The number of carbonyl (C=O) groups is 2.